The van der Waals surface area contributed by atoms with E-state index >= 15 is 0 Å². The van der Waals surface area contributed by atoms with E-state index in [2.05, 4.69) is 20.6 Å². The van der Waals surface area contributed by atoms with E-state index in [0.717, 1.165) is 23.1 Å². The van der Waals surface area contributed by atoms with E-state index in [1.165, 1.54) is 6.07 Å². The number of carbonyl (C=O) groups excluding carboxylic acids is 1. The van der Waals surface area contributed by atoms with Crippen molar-refractivity contribution in [1.82, 2.24) is 9.97 Å². The number of aryl methyl sites for hydroxylation is 1. The second-order valence-corrected chi connectivity index (χ2v) is 8.12. The number of anilines is 2. The molecule has 1 aliphatic carbocycles. The molecule has 3 N–H and O–H groups in total. The Morgan fingerprint density at radius 3 is 2.36 bits per heavy atom. The number of halogens is 1. The Morgan fingerprint density at radius 1 is 1.06 bits per heavy atom. The van der Waals surface area contributed by atoms with Crippen LogP contribution in [-0.2, 0) is 4.79 Å². The molecule has 1 saturated carbocycles. The summed E-state index contributed by atoms with van der Waals surface area (Å²) in [5.74, 6) is -1.36. The SMILES string of the molecule is Cc1ccc(F)c(NC(=O)Nc2ccc(-c3cnc(OCC4(C(=O)O)CCC4)nc3)cc2)c1. The highest BCUT2D eigenvalue weighted by Crippen LogP contribution is 2.41. The van der Waals surface area contributed by atoms with Crippen LogP contribution in [0.5, 0.6) is 6.01 Å². The van der Waals surface area contributed by atoms with Crippen LogP contribution in [0.15, 0.2) is 54.9 Å². The second kappa shape index (κ2) is 9.23. The number of nitrogens with zero attached hydrogens (tertiary/aromatic N) is 2. The first kappa shape index (κ1) is 22.2. The Balaban J connectivity index is 1.34. The minimum absolute atomic E-state index is 0.0521. The molecule has 4 rings (SSSR count). The van der Waals surface area contributed by atoms with Crippen LogP contribution >= 0.6 is 0 Å². The highest BCUT2D eigenvalue weighted by atomic mass is 19.1. The van der Waals surface area contributed by atoms with Gasteiger partial charge in [-0.3, -0.25) is 4.79 Å². The van der Waals surface area contributed by atoms with Crippen molar-refractivity contribution in [3.05, 3.63) is 66.2 Å². The Morgan fingerprint density at radius 2 is 1.76 bits per heavy atom. The Bertz CT molecular complexity index is 1160. The summed E-state index contributed by atoms with van der Waals surface area (Å²) < 4.78 is 19.3. The van der Waals surface area contributed by atoms with Gasteiger partial charge in [0.1, 0.15) is 17.8 Å². The molecule has 8 nitrogen and oxygen atoms in total. The molecule has 0 bridgehead atoms. The number of carboxylic acid groups (broad SMARTS) is 1. The number of carbonyl (C=O) groups is 2. The summed E-state index contributed by atoms with van der Waals surface area (Å²) in [5.41, 5.74) is 2.19. The molecule has 2 aromatic carbocycles. The van der Waals surface area contributed by atoms with Crippen molar-refractivity contribution in [2.45, 2.75) is 26.2 Å². The Labute approximate surface area is 189 Å². The number of hydrogen-bond acceptors (Lipinski definition) is 5. The molecule has 1 heterocycles. The lowest BCUT2D eigenvalue weighted by Gasteiger charge is -2.36. The normalized spacial score (nSPS) is 14.1. The Kier molecular flexibility index (Phi) is 6.21. The van der Waals surface area contributed by atoms with Gasteiger partial charge in [-0.15, -0.1) is 0 Å². The molecule has 0 radical (unpaired) electrons. The fourth-order valence-electron chi connectivity index (χ4n) is 3.53. The van der Waals surface area contributed by atoms with Gasteiger partial charge in [0.15, 0.2) is 0 Å². The summed E-state index contributed by atoms with van der Waals surface area (Å²) in [6.07, 6.45) is 5.25. The van der Waals surface area contributed by atoms with Gasteiger partial charge in [0, 0.05) is 23.6 Å². The lowest BCUT2D eigenvalue weighted by molar-refractivity contribution is -0.157. The van der Waals surface area contributed by atoms with Gasteiger partial charge in [0.2, 0.25) is 0 Å². The van der Waals surface area contributed by atoms with Crippen LogP contribution in [0, 0.1) is 18.2 Å². The average molecular weight is 450 g/mol. The zero-order valence-electron chi connectivity index (χ0n) is 18.0. The Hall–Kier alpha value is -4.01. The smallest absolute Gasteiger partial charge is 0.323 e. The molecule has 9 heteroatoms. The number of benzene rings is 2. The van der Waals surface area contributed by atoms with Gasteiger partial charge >= 0.3 is 18.0 Å². The second-order valence-electron chi connectivity index (χ2n) is 8.12. The fourth-order valence-corrected chi connectivity index (χ4v) is 3.53. The van der Waals surface area contributed by atoms with Crippen molar-refractivity contribution < 1.29 is 23.8 Å². The van der Waals surface area contributed by atoms with Gasteiger partial charge in [-0.05, 0) is 55.2 Å². The standard InChI is InChI=1S/C24H23FN4O4/c1-15-3-8-19(25)20(11-15)29-22(32)28-18-6-4-16(5-7-18)17-12-26-23(27-13-17)33-14-24(21(30)31)9-2-10-24/h3-8,11-13H,2,9-10,14H2,1H3,(H,30,31)(H2,28,29,32). The van der Waals surface area contributed by atoms with Gasteiger partial charge in [-0.25, -0.2) is 19.2 Å². The number of rotatable bonds is 7. The molecule has 0 aliphatic heterocycles. The van der Waals surface area contributed by atoms with Crippen molar-refractivity contribution >= 4 is 23.4 Å². The third-order valence-corrected chi connectivity index (χ3v) is 5.72. The number of hydrogen-bond donors (Lipinski definition) is 3. The van der Waals surface area contributed by atoms with Crippen LogP contribution in [0.2, 0.25) is 0 Å². The molecule has 1 fully saturated rings. The van der Waals surface area contributed by atoms with E-state index in [1.807, 2.05) is 6.92 Å². The number of nitrogens with one attached hydrogen (secondary N) is 2. The summed E-state index contributed by atoms with van der Waals surface area (Å²) in [6, 6.07) is 11.0. The molecule has 1 aliphatic rings. The van der Waals surface area contributed by atoms with Gasteiger partial charge in [0.05, 0.1) is 5.69 Å². The molecule has 0 spiro atoms. The molecule has 0 unspecified atom stereocenters. The minimum Gasteiger partial charge on any atom is -0.481 e. The zero-order chi connectivity index (χ0) is 23.4. The van der Waals surface area contributed by atoms with E-state index in [-0.39, 0.29) is 18.3 Å². The maximum atomic E-state index is 13.8. The van der Waals surface area contributed by atoms with Crippen LogP contribution in [-0.4, -0.2) is 33.7 Å². The fraction of sp³-hybridized carbons (Fsp3) is 0.250. The first-order chi connectivity index (χ1) is 15.8. The van der Waals surface area contributed by atoms with Gasteiger partial charge in [-0.1, -0.05) is 24.6 Å². The molecule has 0 atom stereocenters. The van der Waals surface area contributed by atoms with Crippen molar-refractivity contribution in [3.63, 3.8) is 0 Å². The third kappa shape index (κ3) is 5.08. The van der Waals surface area contributed by atoms with E-state index in [0.29, 0.717) is 18.5 Å². The predicted molar refractivity (Wildman–Crippen MR) is 121 cm³/mol. The van der Waals surface area contributed by atoms with Crippen LogP contribution in [0.25, 0.3) is 11.1 Å². The monoisotopic (exact) mass is 450 g/mol. The van der Waals surface area contributed by atoms with Gasteiger partial charge in [-0.2, -0.15) is 0 Å². The lowest BCUT2D eigenvalue weighted by atomic mass is 9.69. The number of urea groups is 1. The maximum Gasteiger partial charge on any atom is 0.323 e. The summed E-state index contributed by atoms with van der Waals surface area (Å²) in [5, 5.41) is 14.5. The first-order valence-electron chi connectivity index (χ1n) is 10.5. The predicted octanol–water partition coefficient (Wildman–Crippen LogP) is 4.87. The van der Waals surface area contributed by atoms with Gasteiger partial charge < -0.3 is 20.5 Å². The van der Waals surface area contributed by atoms with Crippen molar-refractivity contribution in [2.24, 2.45) is 5.41 Å². The summed E-state index contributed by atoms with van der Waals surface area (Å²) in [7, 11) is 0. The van der Waals surface area contributed by atoms with Crippen LogP contribution < -0.4 is 15.4 Å². The summed E-state index contributed by atoms with van der Waals surface area (Å²) in [6.45, 7) is 1.86. The maximum absolute atomic E-state index is 13.8. The molecular weight excluding hydrogens is 427 g/mol. The number of aliphatic carboxylic acids is 1. The number of carboxylic acids is 1. The summed E-state index contributed by atoms with van der Waals surface area (Å²) >= 11 is 0. The van der Waals surface area contributed by atoms with E-state index in [1.54, 1.807) is 48.8 Å². The van der Waals surface area contributed by atoms with Crippen molar-refractivity contribution in [1.29, 1.82) is 0 Å². The van der Waals surface area contributed by atoms with Crippen LogP contribution in [0.3, 0.4) is 0 Å². The molecule has 33 heavy (non-hydrogen) atoms. The van der Waals surface area contributed by atoms with E-state index in [9.17, 15) is 19.1 Å². The highest BCUT2D eigenvalue weighted by Gasteiger charge is 2.45. The van der Waals surface area contributed by atoms with Crippen molar-refractivity contribution in [2.75, 3.05) is 17.2 Å². The molecule has 2 amide bonds. The highest BCUT2D eigenvalue weighted by molar-refractivity contribution is 6.00. The number of aromatic nitrogens is 2. The molecule has 3 aromatic rings. The average Bonchev–Trinajstić information content (AvgIpc) is 2.76. The quantitative estimate of drug-likeness (QED) is 0.473. The number of amides is 2. The molecule has 0 saturated heterocycles. The van der Waals surface area contributed by atoms with Crippen LogP contribution in [0.4, 0.5) is 20.6 Å². The van der Waals surface area contributed by atoms with Gasteiger partial charge in [0.25, 0.3) is 0 Å². The van der Waals surface area contributed by atoms with E-state index in [4.69, 9.17) is 4.74 Å². The van der Waals surface area contributed by atoms with E-state index < -0.39 is 23.2 Å². The molecule has 170 valence electrons. The molecular formula is C24H23FN4O4. The largest absolute Gasteiger partial charge is 0.481 e. The zero-order valence-corrected chi connectivity index (χ0v) is 18.0. The lowest BCUT2D eigenvalue weighted by Crippen LogP contribution is -2.43. The third-order valence-electron chi connectivity index (χ3n) is 5.72. The van der Waals surface area contributed by atoms with Crippen LogP contribution in [0.1, 0.15) is 24.8 Å². The topological polar surface area (TPSA) is 113 Å². The minimum atomic E-state index is -0.850. The first-order valence-corrected chi connectivity index (χ1v) is 10.5. The molecule has 1 aromatic heterocycles. The number of ether oxygens (including phenoxy) is 1. The van der Waals surface area contributed by atoms with Crippen molar-refractivity contribution in [3.8, 4) is 17.1 Å². The summed E-state index contributed by atoms with van der Waals surface area (Å²) in [4.78, 5) is 31.9.